The Hall–Kier alpha value is -2.96. The highest BCUT2D eigenvalue weighted by Crippen LogP contribution is 2.28. The molecule has 1 aliphatic heterocycles. The van der Waals surface area contributed by atoms with Crippen molar-refractivity contribution in [1.82, 2.24) is 14.9 Å². The van der Waals surface area contributed by atoms with Crippen LogP contribution in [0.3, 0.4) is 0 Å². The van der Waals surface area contributed by atoms with Crippen LogP contribution < -0.4 is 10.6 Å². The van der Waals surface area contributed by atoms with Crippen molar-refractivity contribution in [3.63, 3.8) is 0 Å². The molecular formula is C23H24ClN5O. The van der Waals surface area contributed by atoms with Crippen molar-refractivity contribution in [2.45, 2.75) is 12.5 Å². The molecule has 154 valence electrons. The SMILES string of the molecule is NC(Cc1ccc(Cl)cc1)C(=O)N1CCN(c2ncncc2-c2ccccc2)CC1. The standard InChI is InChI=1S/C23H24ClN5O/c24-19-8-6-17(7-9-19)14-21(25)23(30)29-12-10-28(11-13-29)22-20(15-26-16-27-22)18-4-2-1-3-5-18/h1-9,15-16,21H,10-14,25H2. The van der Waals surface area contributed by atoms with Gasteiger partial charge in [-0.25, -0.2) is 9.97 Å². The fraction of sp³-hybridized carbons (Fsp3) is 0.261. The van der Waals surface area contributed by atoms with Crippen molar-refractivity contribution in [2.75, 3.05) is 31.1 Å². The Kier molecular flexibility index (Phi) is 6.26. The minimum Gasteiger partial charge on any atom is -0.352 e. The normalized spacial score (nSPS) is 15.1. The average molecular weight is 422 g/mol. The first-order valence-corrected chi connectivity index (χ1v) is 10.4. The smallest absolute Gasteiger partial charge is 0.239 e. The summed E-state index contributed by atoms with van der Waals surface area (Å²) >= 11 is 5.93. The summed E-state index contributed by atoms with van der Waals surface area (Å²) in [4.78, 5) is 25.6. The van der Waals surface area contributed by atoms with E-state index in [9.17, 15) is 4.79 Å². The van der Waals surface area contributed by atoms with Gasteiger partial charge < -0.3 is 15.5 Å². The van der Waals surface area contributed by atoms with Crippen LogP contribution in [0.25, 0.3) is 11.1 Å². The van der Waals surface area contributed by atoms with E-state index in [2.05, 4.69) is 27.0 Å². The van der Waals surface area contributed by atoms with Gasteiger partial charge >= 0.3 is 0 Å². The molecule has 4 rings (SSSR count). The summed E-state index contributed by atoms with van der Waals surface area (Å²) in [6.45, 7) is 2.64. The Morgan fingerprint density at radius 2 is 1.73 bits per heavy atom. The number of anilines is 1. The maximum Gasteiger partial charge on any atom is 0.239 e. The van der Waals surface area contributed by atoms with Gasteiger partial charge in [0.15, 0.2) is 0 Å². The van der Waals surface area contributed by atoms with Crippen LogP contribution in [-0.2, 0) is 11.2 Å². The van der Waals surface area contributed by atoms with Gasteiger partial charge in [-0.3, -0.25) is 4.79 Å². The van der Waals surface area contributed by atoms with Crippen LogP contribution in [0.15, 0.2) is 67.1 Å². The number of amides is 1. The van der Waals surface area contributed by atoms with E-state index in [1.165, 1.54) is 0 Å². The highest BCUT2D eigenvalue weighted by Gasteiger charge is 2.27. The number of rotatable bonds is 5. The minimum atomic E-state index is -0.559. The predicted octanol–water partition coefficient (Wildman–Crippen LogP) is 3.02. The van der Waals surface area contributed by atoms with Gasteiger partial charge in [-0.05, 0) is 29.7 Å². The van der Waals surface area contributed by atoms with Crippen LogP contribution >= 0.6 is 11.6 Å². The molecule has 1 saturated heterocycles. The van der Waals surface area contributed by atoms with Crippen LogP contribution in [-0.4, -0.2) is 53.0 Å². The van der Waals surface area contributed by atoms with Gasteiger partial charge in [0.1, 0.15) is 12.1 Å². The average Bonchev–Trinajstić information content (AvgIpc) is 2.81. The Bertz CT molecular complexity index is 988. The largest absolute Gasteiger partial charge is 0.352 e. The zero-order valence-electron chi connectivity index (χ0n) is 16.6. The first-order chi connectivity index (χ1) is 14.6. The summed E-state index contributed by atoms with van der Waals surface area (Å²) in [5, 5.41) is 0.675. The number of benzene rings is 2. The molecule has 1 fully saturated rings. The van der Waals surface area contributed by atoms with Gasteiger partial charge in [0.2, 0.25) is 5.91 Å². The van der Waals surface area contributed by atoms with Gasteiger partial charge in [0, 0.05) is 43.0 Å². The fourth-order valence-electron chi connectivity index (χ4n) is 3.73. The predicted molar refractivity (Wildman–Crippen MR) is 119 cm³/mol. The fourth-order valence-corrected chi connectivity index (χ4v) is 3.86. The van der Waals surface area contributed by atoms with E-state index in [4.69, 9.17) is 17.3 Å². The topological polar surface area (TPSA) is 75.4 Å². The molecule has 1 amide bonds. The summed E-state index contributed by atoms with van der Waals surface area (Å²) in [5.74, 6) is 0.879. The third kappa shape index (κ3) is 4.61. The molecule has 2 aromatic carbocycles. The Balaban J connectivity index is 1.39. The molecule has 3 aromatic rings. The summed E-state index contributed by atoms with van der Waals surface area (Å²) in [5.41, 5.74) is 9.29. The van der Waals surface area contributed by atoms with E-state index >= 15 is 0 Å². The second-order valence-corrected chi connectivity index (χ2v) is 7.81. The highest BCUT2D eigenvalue weighted by molar-refractivity contribution is 6.30. The molecule has 1 atom stereocenters. The number of nitrogens with zero attached hydrogens (tertiary/aromatic N) is 4. The maximum atomic E-state index is 12.8. The molecule has 1 aliphatic rings. The molecule has 0 saturated carbocycles. The van der Waals surface area contributed by atoms with Crippen molar-refractivity contribution in [3.05, 3.63) is 77.7 Å². The maximum absolute atomic E-state index is 12.8. The second kappa shape index (κ2) is 9.24. The van der Waals surface area contributed by atoms with Crippen LogP contribution in [0.2, 0.25) is 5.02 Å². The third-order valence-electron chi connectivity index (χ3n) is 5.35. The Labute approximate surface area is 181 Å². The number of carbonyl (C=O) groups excluding carboxylic acids is 1. The molecule has 6 nitrogen and oxygen atoms in total. The van der Waals surface area contributed by atoms with Gasteiger partial charge in [-0.15, -0.1) is 0 Å². The first-order valence-electron chi connectivity index (χ1n) is 10.0. The van der Waals surface area contributed by atoms with Gasteiger partial charge in [-0.1, -0.05) is 54.1 Å². The number of hydrogen-bond acceptors (Lipinski definition) is 5. The van der Waals surface area contributed by atoms with Crippen LogP contribution in [0, 0.1) is 0 Å². The molecule has 0 aliphatic carbocycles. The molecule has 1 aromatic heterocycles. The molecular weight excluding hydrogens is 398 g/mol. The molecule has 1 unspecified atom stereocenters. The van der Waals surface area contributed by atoms with E-state index in [-0.39, 0.29) is 5.91 Å². The molecule has 2 N–H and O–H groups in total. The summed E-state index contributed by atoms with van der Waals surface area (Å²) in [7, 11) is 0. The van der Waals surface area contributed by atoms with Crippen LogP contribution in [0.5, 0.6) is 0 Å². The number of carbonyl (C=O) groups is 1. The summed E-state index contributed by atoms with van der Waals surface area (Å²) < 4.78 is 0. The van der Waals surface area contributed by atoms with Crippen LogP contribution in [0.1, 0.15) is 5.56 Å². The number of piperazine rings is 1. The highest BCUT2D eigenvalue weighted by atomic mass is 35.5. The van der Waals surface area contributed by atoms with E-state index in [1.54, 1.807) is 6.33 Å². The van der Waals surface area contributed by atoms with E-state index in [1.807, 2.05) is 53.6 Å². The number of hydrogen-bond donors (Lipinski definition) is 1. The van der Waals surface area contributed by atoms with Gasteiger partial charge in [0.25, 0.3) is 0 Å². The van der Waals surface area contributed by atoms with Crippen LogP contribution in [0.4, 0.5) is 5.82 Å². The lowest BCUT2D eigenvalue weighted by atomic mass is 10.0. The molecule has 0 bridgehead atoms. The third-order valence-corrected chi connectivity index (χ3v) is 5.60. The zero-order valence-corrected chi connectivity index (χ0v) is 17.4. The summed E-state index contributed by atoms with van der Waals surface area (Å²) in [6.07, 6.45) is 3.92. The van der Waals surface area contributed by atoms with Crippen molar-refractivity contribution in [3.8, 4) is 11.1 Å². The van der Waals surface area contributed by atoms with Crippen molar-refractivity contribution in [1.29, 1.82) is 0 Å². The molecule has 30 heavy (non-hydrogen) atoms. The summed E-state index contributed by atoms with van der Waals surface area (Å²) in [6, 6.07) is 17.0. The molecule has 0 radical (unpaired) electrons. The Morgan fingerprint density at radius 1 is 1.03 bits per heavy atom. The minimum absolute atomic E-state index is 0.0180. The van der Waals surface area contributed by atoms with E-state index in [0.717, 1.165) is 22.5 Å². The van der Waals surface area contributed by atoms with Gasteiger partial charge in [0.05, 0.1) is 6.04 Å². The van der Waals surface area contributed by atoms with E-state index in [0.29, 0.717) is 37.6 Å². The van der Waals surface area contributed by atoms with Crippen molar-refractivity contribution in [2.24, 2.45) is 5.73 Å². The second-order valence-electron chi connectivity index (χ2n) is 7.38. The lowest BCUT2D eigenvalue weighted by molar-refractivity contribution is -0.132. The number of aromatic nitrogens is 2. The number of halogens is 1. The van der Waals surface area contributed by atoms with Crippen molar-refractivity contribution >= 4 is 23.3 Å². The lowest BCUT2D eigenvalue weighted by Gasteiger charge is -2.37. The van der Waals surface area contributed by atoms with Crippen molar-refractivity contribution < 1.29 is 4.79 Å². The zero-order chi connectivity index (χ0) is 20.9. The lowest BCUT2D eigenvalue weighted by Crippen LogP contribution is -2.54. The molecule has 0 spiro atoms. The van der Waals surface area contributed by atoms with E-state index < -0.39 is 6.04 Å². The number of nitrogens with two attached hydrogens (primary N) is 1. The first kappa shape index (κ1) is 20.3. The molecule has 2 heterocycles. The molecule has 7 heteroatoms. The van der Waals surface area contributed by atoms with Gasteiger partial charge in [-0.2, -0.15) is 0 Å². The Morgan fingerprint density at radius 3 is 2.43 bits per heavy atom. The monoisotopic (exact) mass is 421 g/mol. The quantitative estimate of drug-likeness (QED) is 0.685.